The van der Waals surface area contributed by atoms with Gasteiger partial charge in [0.1, 0.15) is 11.5 Å². The zero-order chi connectivity index (χ0) is 14.6. The Kier molecular flexibility index (Phi) is 4.42. The predicted molar refractivity (Wildman–Crippen MR) is 77.9 cm³/mol. The second-order valence-electron chi connectivity index (χ2n) is 4.61. The molecule has 0 radical (unpaired) electrons. The van der Waals surface area contributed by atoms with Crippen molar-refractivity contribution in [3.8, 4) is 0 Å². The van der Waals surface area contributed by atoms with Crippen LogP contribution in [-0.2, 0) is 10.4 Å². The summed E-state index contributed by atoms with van der Waals surface area (Å²) in [7, 11) is 0. The number of carboxylic acids is 1. The van der Waals surface area contributed by atoms with Crippen molar-refractivity contribution in [2.24, 2.45) is 0 Å². The zero-order valence-corrected chi connectivity index (χ0v) is 11.5. The third-order valence-corrected chi connectivity index (χ3v) is 3.74. The minimum Gasteiger partial charge on any atom is -0.481 e. The van der Waals surface area contributed by atoms with Crippen molar-refractivity contribution in [1.82, 2.24) is 0 Å². The van der Waals surface area contributed by atoms with Gasteiger partial charge >= 0.3 is 5.97 Å². The van der Waals surface area contributed by atoms with E-state index in [1.165, 1.54) is 0 Å². The molecule has 0 aliphatic heterocycles. The van der Waals surface area contributed by atoms with Gasteiger partial charge in [-0.25, -0.2) is 0 Å². The number of hydrogen-bond acceptors (Lipinski definition) is 2. The first-order valence-electron chi connectivity index (χ1n) is 6.21. The molecule has 4 heteroatoms. The average Bonchev–Trinajstić information content (AvgIpc) is 2.49. The van der Waals surface area contributed by atoms with Crippen molar-refractivity contribution in [3.05, 3.63) is 71.8 Å². The number of carboxylic acid groups (broad SMARTS) is 1. The molecular weight excluding hydrogens is 276 g/mol. The van der Waals surface area contributed by atoms with E-state index < -0.39 is 17.5 Å². The molecule has 0 spiro atoms. The molecule has 0 aliphatic rings. The maximum absolute atomic E-state index is 11.7. The number of carbonyl (C=O) groups is 1. The third-order valence-electron chi connectivity index (χ3n) is 3.33. The second kappa shape index (κ2) is 6.07. The van der Waals surface area contributed by atoms with E-state index in [1.807, 2.05) is 0 Å². The third kappa shape index (κ3) is 2.69. The number of halogens is 1. The lowest BCUT2D eigenvalue weighted by molar-refractivity contribution is -0.145. The largest absolute Gasteiger partial charge is 0.481 e. The van der Waals surface area contributed by atoms with Gasteiger partial charge < -0.3 is 10.2 Å². The smallest absolute Gasteiger partial charge is 0.314 e. The summed E-state index contributed by atoms with van der Waals surface area (Å²) in [6.45, 7) is 0. The van der Waals surface area contributed by atoms with Crippen LogP contribution in [0.3, 0.4) is 0 Å². The fourth-order valence-corrected chi connectivity index (χ4v) is 2.62. The van der Waals surface area contributed by atoms with Gasteiger partial charge in [-0.3, -0.25) is 4.79 Å². The highest BCUT2D eigenvalue weighted by molar-refractivity contribution is 6.18. The minimum atomic E-state index is -1.66. The fraction of sp³-hybridized carbons (Fsp3) is 0.188. The van der Waals surface area contributed by atoms with E-state index in [0.717, 1.165) is 0 Å². The lowest BCUT2D eigenvalue weighted by Gasteiger charge is -2.32. The number of hydrogen-bond donors (Lipinski definition) is 2. The van der Waals surface area contributed by atoms with Crippen molar-refractivity contribution in [2.45, 2.75) is 11.5 Å². The summed E-state index contributed by atoms with van der Waals surface area (Å²) >= 11 is 5.92. The summed E-state index contributed by atoms with van der Waals surface area (Å²) in [5, 5.41) is 20.4. The number of aliphatic hydroxyl groups is 1. The van der Waals surface area contributed by atoms with Gasteiger partial charge in [0, 0.05) is 0 Å². The molecule has 2 aromatic carbocycles. The fourth-order valence-electron chi connectivity index (χ4n) is 2.32. The van der Waals surface area contributed by atoms with Gasteiger partial charge in [0.05, 0.1) is 5.88 Å². The van der Waals surface area contributed by atoms with E-state index in [4.69, 9.17) is 11.6 Å². The van der Waals surface area contributed by atoms with Gasteiger partial charge in [-0.15, -0.1) is 11.6 Å². The topological polar surface area (TPSA) is 57.5 Å². The quantitative estimate of drug-likeness (QED) is 0.832. The second-order valence-corrected chi connectivity index (χ2v) is 4.87. The number of aliphatic carboxylic acids is 1. The minimum absolute atomic E-state index is 0.205. The van der Waals surface area contributed by atoms with E-state index in [2.05, 4.69) is 0 Å². The van der Waals surface area contributed by atoms with Gasteiger partial charge in [0.25, 0.3) is 0 Å². The number of benzene rings is 2. The number of alkyl halides is 1. The maximum atomic E-state index is 11.7. The molecule has 2 aromatic rings. The van der Waals surface area contributed by atoms with Crippen molar-refractivity contribution in [2.75, 3.05) is 5.88 Å². The molecule has 3 nitrogen and oxygen atoms in total. The van der Waals surface area contributed by atoms with Crippen LogP contribution < -0.4 is 0 Å². The molecule has 0 heterocycles. The monoisotopic (exact) mass is 290 g/mol. The molecule has 104 valence electrons. The molecule has 2 rings (SSSR count). The summed E-state index contributed by atoms with van der Waals surface area (Å²) in [6, 6.07) is 17.3. The molecule has 2 N–H and O–H groups in total. The normalized spacial score (nSPS) is 15.3. The van der Waals surface area contributed by atoms with Crippen LogP contribution in [0.4, 0.5) is 0 Å². The van der Waals surface area contributed by atoms with E-state index in [1.54, 1.807) is 60.7 Å². The van der Waals surface area contributed by atoms with E-state index >= 15 is 0 Å². The molecule has 0 aliphatic carbocycles. The van der Waals surface area contributed by atoms with Crippen LogP contribution in [0.2, 0.25) is 0 Å². The Morgan fingerprint density at radius 3 is 2.00 bits per heavy atom. The molecular formula is C16H15ClO3. The lowest BCUT2D eigenvalue weighted by atomic mass is 9.78. The maximum Gasteiger partial charge on any atom is 0.314 e. The summed E-state index contributed by atoms with van der Waals surface area (Å²) in [6.07, 6.45) is 0. The first kappa shape index (κ1) is 14.6. The Balaban J connectivity index is 2.54. The van der Waals surface area contributed by atoms with E-state index in [0.29, 0.717) is 11.1 Å². The van der Waals surface area contributed by atoms with Gasteiger partial charge in [-0.2, -0.15) is 0 Å². The van der Waals surface area contributed by atoms with Crippen LogP contribution in [0.5, 0.6) is 0 Å². The van der Waals surface area contributed by atoms with Gasteiger partial charge in [-0.1, -0.05) is 60.7 Å². The summed E-state index contributed by atoms with van der Waals surface area (Å²) in [5.74, 6) is -2.44. The van der Waals surface area contributed by atoms with Crippen LogP contribution in [-0.4, -0.2) is 22.1 Å². The first-order chi connectivity index (χ1) is 9.59. The Morgan fingerprint density at radius 2 is 1.55 bits per heavy atom. The lowest BCUT2D eigenvalue weighted by Crippen LogP contribution is -2.39. The first-order valence-corrected chi connectivity index (χ1v) is 6.74. The number of rotatable bonds is 5. The molecule has 0 saturated heterocycles. The van der Waals surface area contributed by atoms with Crippen LogP contribution in [0.15, 0.2) is 60.7 Å². The van der Waals surface area contributed by atoms with Crippen LogP contribution >= 0.6 is 11.6 Å². The predicted octanol–water partition coefficient (Wildman–Crippen LogP) is 2.98. The van der Waals surface area contributed by atoms with Crippen molar-refractivity contribution >= 4 is 17.6 Å². The summed E-state index contributed by atoms with van der Waals surface area (Å²) in [5.41, 5.74) is -0.644. The highest BCUT2D eigenvalue weighted by Gasteiger charge is 2.43. The van der Waals surface area contributed by atoms with E-state index in [-0.39, 0.29) is 5.88 Å². The Morgan fingerprint density at radius 1 is 1.05 bits per heavy atom. The van der Waals surface area contributed by atoms with Crippen LogP contribution in [0, 0.1) is 0 Å². The molecule has 2 atom stereocenters. The highest BCUT2D eigenvalue weighted by Crippen LogP contribution is 2.38. The molecule has 0 aromatic heterocycles. The standard InChI is InChI=1S/C16H15ClO3/c17-11-16(20,13-9-5-2-6-10-13)14(15(18)19)12-7-3-1-4-8-12/h1-10,14,20H,11H2,(H,18,19)/t14-,16-/m1/s1. The molecule has 0 fully saturated rings. The van der Waals surface area contributed by atoms with Gasteiger partial charge in [0.15, 0.2) is 0 Å². The van der Waals surface area contributed by atoms with Gasteiger partial charge in [-0.05, 0) is 11.1 Å². The Labute approximate surface area is 122 Å². The summed E-state index contributed by atoms with van der Waals surface area (Å²) < 4.78 is 0. The van der Waals surface area contributed by atoms with Crippen molar-refractivity contribution < 1.29 is 15.0 Å². The molecule has 0 bridgehead atoms. The van der Waals surface area contributed by atoms with Crippen LogP contribution in [0.25, 0.3) is 0 Å². The molecule has 0 amide bonds. The summed E-state index contributed by atoms with van der Waals surface area (Å²) in [4.78, 5) is 11.7. The average molecular weight is 291 g/mol. The highest BCUT2D eigenvalue weighted by atomic mass is 35.5. The Bertz CT molecular complexity index is 571. The zero-order valence-electron chi connectivity index (χ0n) is 10.7. The molecule has 0 unspecified atom stereocenters. The van der Waals surface area contributed by atoms with Gasteiger partial charge in [0.2, 0.25) is 0 Å². The Hall–Kier alpha value is -1.84. The SMILES string of the molecule is O=C(O)[C@@H](c1ccccc1)[C@@](O)(CCl)c1ccccc1. The van der Waals surface area contributed by atoms with E-state index in [9.17, 15) is 15.0 Å². The van der Waals surface area contributed by atoms with Crippen LogP contribution in [0.1, 0.15) is 17.0 Å². The molecule has 0 saturated carbocycles. The van der Waals surface area contributed by atoms with Crippen molar-refractivity contribution in [1.29, 1.82) is 0 Å². The van der Waals surface area contributed by atoms with Crippen molar-refractivity contribution in [3.63, 3.8) is 0 Å². The molecule has 20 heavy (non-hydrogen) atoms.